The number of likely N-dealkylation sites (tertiary alicyclic amines) is 1. The molecule has 1 aromatic carbocycles. The maximum atomic E-state index is 4.55. The van der Waals surface area contributed by atoms with Crippen LogP contribution in [0.5, 0.6) is 0 Å². The summed E-state index contributed by atoms with van der Waals surface area (Å²) in [6, 6.07) is 15.1. The van der Waals surface area contributed by atoms with E-state index in [1.807, 2.05) is 18.4 Å². The van der Waals surface area contributed by atoms with Gasteiger partial charge in [0.1, 0.15) is 0 Å². The van der Waals surface area contributed by atoms with Crippen LogP contribution in [-0.4, -0.2) is 55.5 Å². The van der Waals surface area contributed by atoms with E-state index in [-0.39, 0.29) is 0 Å². The molecule has 2 aliphatic heterocycles. The number of hydrogen-bond donors (Lipinski definition) is 1. The molecule has 0 amide bonds. The first-order valence-corrected chi connectivity index (χ1v) is 11.6. The molecule has 0 atom stereocenters. The Morgan fingerprint density at radius 2 is 1.93 bits per heavy atom. The number of rotatable bonds is 5. The van der Waals surface area contributed by atoms with Crippen molar-refractivity contribution >= 4 is 22.9 Å². The summed E-state index contributed by atoms with van der Waals surface area (Å²) in [7, 11) is 1.91. The number of piperidine rings is 1. The van der Waals surface area contributed by atoms with Crippen LogP contribution in [0.25, 0.3) is 5.57 Å². The van der Waals surface area contributed by atoms with Gasteiger partial charge < -0.3 is 10.2 Å². The Bertz CT molecular complexity index is 805. The summed E-state index contributed by atoms with van der Waals surface area (Å²) in [6.45, 7) is 6.52. The molecular weight excluding hydrogens is 376 g/mol. The smallest absolute Gasteiger partial charge is 0.193 e. The number of aliphatic imine (C=N–C) groups is 1. The summed E-state index contributed by atoms with van der Waals surface area (Å²) in [5.41, 5.74) is 2.81. The SMILES string of the molecule is CN=C(NCC1CCN(Cc2cccs2)CC1)N1CC=C(c2ccccc2)CC1. The molecule has 1 aromatic heterocycles. The number of thiophene rings is 1. The van der Waals surface area contributed by atoms with Gasteiger partial charge in [0.05, 0.1) is 0 Å². The number of nitrogens with one attached hydrogen (secondary N) is 1. The highest BCUT2D eigenvalue weighted by molar-refractivity contribution is 7.09. The zero-order valence-electron chi connectivity index (χ0n) is 17.4. The van der Waals surface area contributed by atoms with Crippen LogP contribution in [0.15, 0.2) is 58.9 Å². The zero-order valence-corrected chi connectivity index (χ0v) is 18.2. The fraction of sp³-hybridized carbons (Fsp3) is 0.458. The van der Waals surface area contributed by atoms with Crippen molar-refractivity contribution in [3.63, 3.8) is 0 Å². The Kier molecular flexibility index (Phi) is 7.01. The minimum atomic E-state index is 0.742. The van der Waals surface area contributed by atoms with E-state index in [1.165, 1.54) is 41.9 Å². The van der Waals surface area contributed by atoms with E-state index in [9.17, 15) is 0 Å². The maximum Gasteiger partial charge on any atom is 0.193 e. The molecule has 4 rings (SSSR count). The number of nitrogens with zero attached hydrogens (tertiary/aromatic N) is 3. The quantitative estimate of drug-likeness (QED) is 0.590. The molecule has 0 bridgehead atoms. The molecule has 0 saturated carbocycles. The van der Waals surface area contributed by atoms with Crippen LogP contribution in [0.3, 0.4) is 0 Å². The van der Waals surface area contributed by atoms with Gasteiger partial charge in [-0.3, -0.25) is 9.89 Å². The van der Waals surface area contributed by atoms with Gasteiger partial charge in [0.25, 0.3) is 0 Å². The highest BCUT2D eigenvalue weighted by Gasteiger charge is 2.21. The average Bonchev–Trinajstić information content (AvgIpc) is 3.29. The molecule has 0 spiro atoms. The summed E-state index contributed by atoms with van der Waals surface area (Å²) < 4.78 is 0. The molecule has 4 nitrogen and oxygen atoms in total. The van der Waals surface area contributed by atoms with Crippen molar-refractivity contribution in [1.29, 1.82) is 0 Å². The van der Waals surface area contributed by atoms with Crippen molar-refractivity contribution in [3.8, 4) is 0 Å². The second kappa shape index (κ2) is 10.1. The van der Waals surface area contributed by atoms with Gasteiger partial charge in [-0.05, 0) is 60.9 Å². The van der Waals surface area contributed by atoms with E-state index < -0.39 is 0 Å². The number of hydrogen-bond acceptors (Lipinski definition) is 3. The minimum Gasteiger partial charge on any atom is -0.356 e. The molecule has 0 unspecified atom stereocenters. The van der Waals surface area contributed by atoms with Crippen LogP contribution in [0.4, 0.5) is 0 Å². The first-order chi connectivity index (χ1) is 14.3. The summed E-state index contributed by atoms with van der Waals surface area (Å²) in [4.78, 5) is 11.0. The van der Waals surface area contributed by atoms with Gasteiger partial charge in [-0.2, -0.15) is 0 Å². The van der Waals surface area contributed by atoms with Crippen LogP contribution in [0.1, 0.15) is 29.7 Å². The van der Waals surface area contributed by atoms with E-state index in [2.05, 4.69) is 74.0 Å². The van der Waals surface area contributed by atoms with Crippen molar-refractivity contribution < 1.29 is 0 Å². The first-order valence-electron chi connectivity index (χ1n) is 10.8. The van der Waals surface area contributed by atoms with Gasteiger partial charge in [-0.1, -0.05) is 42.5 Å². The maximum absolute atomic E-state index is 4.55. The fourth-order valence-corrected chi connectivity index (χ4v) is 5.06. The molecule has 2 aliphatic rings. The third-order valence-corrected chi connectivity index (χ3v) is 6.94. The van der Waals surface area contributed by atoms with Gasteiger partial charge in [0.2, 0.25) is 0 Å². The molecular formula is C24H32N4S. The Hall–Kier alpha value is -2.11. The summed E-state index contributed by atoms with van der Waals surface area (Å²) in [5, 5.41) is 5.83. The standard InChI is InChI=1S/C24H32N4S/c1-25-24(28-15-11-22(12-16-28)21-6-3-2-4-7-21)26-18-20-9-13-27(14-10-20)19-23-8-5-17-29-23/h2-8,11,17,20H,9-10,12-16,18-19H2,1H3,(H,25,26). The van der Waals surface area contributed by atoms with Gasteiger partial charge in [-0.15, -0.1) is 11.3 Å². The van der Waals surface area contributed by atoms with Gasteiger partial charge in [0, 0.05) is 38.1 Å². The van der Waals surface area contributed by atoms with Crippen LogP contribution in [0, 0.1) is 5.92 Å². The number of benzene rings is 1. The van der Waals surface area contributed by atoms with Crippen LogP contribution in [-0.2, 0) is 6.54 Å². The lowest BCUT2D eigenvalue weighted by molar-refractivity contribution is 0.179. The van der Waals surface area contributed by atoms with Crippen LogP contribution >= 0.6 is 11.3 Å². The van der Waals surface area contributed by atoms with E-state index in [4.69, 9.17) is 0 Å². The second-order valence-electron chi connectivity index (χ2n) is 8.02. The monoisotopic (exact) mass is 408 g/mol. The summed E-state index contributed by atoms with van der Waals surface area (Å²) in [5.74, 6) is 1.79. The fourth-order valence-electron chi connectivity index (χ4n) is 4.32. The molecule has 5 heteroatoms. The van der Waals surface area contributed by atoms with Crippen molar-refractivity contribution in [2.24, 2.45) is 10.9 Å². The Morgan fingerprint density at radius 3 is 2.59 bits per heavy atom. The van der Waals surface area contributed by atoms with E-state index in [0.29, 0.717) is 0 Å². The molecule has 1 saturated heterocycles. The molecule has 1 N–H and O–H groups in total. The summed E-state index contributed by atoms with van der Waals surface area (Å²) in [6.07, 6.45) is 5.97. The second-order valence-corrected chi connectivity index (χ2v) is 9.05. The molecule has 0 aliphatic carbocycles. The highest BCUT2D eigenvalue weighted by atomic mass is 32.1. The van der Waals surface area contributed by atoms with Crippen molar-refractivity contribution in [3.05, 3.63) is 64.4 Å². The average molecular weight is 409 g/mol. The number of guanidine groups is 1. The van der Waals surface area contributed by atoms with E-state index >= 15 is 0 Å². The zero-order chi connectivity index (χ0) is 19.9. The highest BCUT2D eigenvalue weighted by Crippen LogP contribution is 2.23. The van der Waals surface area contributed by atoms with Gasteiger partial charge in [0.15, 0.2) is 5.96 Å². The summed E-state index contributed by atoms with van der Waals surface area (Å²) >= 11 is 1.87. The first kappa shape index (κ1) is 20.2. The Labute approximate surface area is 179 Å². The lowest BCUT2D eigenvalue weighted by Gasteiger charge is -2.34. The van der Waals surface area contributed by atoms with E-state index in [0.717, 1.165) is 44.5 Å². The molecule has 1 fully saturated rings. The molecule has 0 radical (unpaired) electrons. The van der Waals surface area contributed by atoms with Crippen molar-refractivity contribution in [1.82, 2.24) is 15.1 Å². The third kappa shape index (κ3) is 5.49. The molecule has 154 valence electrons. The molecule has 3 heterocycles. The largest absolute Gasteiger partial charge is 0.356 e. The van der Waals surface area contributed by atoms with Crippen molar-refractivity contribution in [2.45, 2.75) is 25.8 Å². The van der Waals surface area contributed by atoms with Crippen LogP contribution in [0.2, 0.25) is 0 Å². The van der Waals surface area contributed by atoms with E-state index in [1.54, 1.807) is 0 Å². The predicted octanol–water partition coefficient (Wildman–Crippen LogP) is 4.32. The predicted molar refractivity (Wildman–Crippen MR) is 124 cm³/mol. The topological polar surface area (TPSA) is 30.9 Å². The third-order valence-electron chi connectivity index (χ3n) is 6.08. The van der Waals surface area contributed by atoms with Crippen molar-refractivity contribution in [2.75, 3.05) is 39.8 Å². The lowest BCUT2D eigenvalue weighted by atomic mass is 9.96. The molecule has 29 heavy (non-hydrogen) atoms. The Balaban J connectivity index is 1.22. The molecule has 2 aromatic rings. The Morgan fingerprint density at radius 1 is 1.10 bits per heavy atom. The van der Waals surface area contributed by atoms with Gasteiger partial charge >= 0.3 is 0 Å². The lowest BCUT2D eigenvalue weighted by Crippen LogP contribution is -2.46. The minimum absolute atomic E-state index is 0.742. The van der Waals surface area contributed by atoms with Crippen LogP contribution < -0.4 is 5.32 Å². The van der Waals surface area contributed by atoms with Gasteiger partial charge in [-0.25, -0.2) is 0 Å². The normalized spacial score (nSPS) is 19.3.